The first kappa shape index (κ1) is 15.6. The van der Waals surface area contributed by atoms with Gasteiger partial charge in [0.2, 0.25) is 0 Å². The molecule has 20 heavy (non-hydrogen) atoms. The number of benzene rings is 1. The van der Waals surface area contributed by atoms with Crippen LogP contribution in [-0.4, -0.2) is 55.4 Å². The molecule has 0 amide bonds. The largest absolute Gasteiger partial charge is 0.491 e. The minimum Gasteiger partial charge on any atom is -0.491 e. The second kappa shape index (κ2) is 8.47. The molecule has 1 aliphatic heterocycles. The highest BCUT2D eigenvalue weighted by atomic mass is 35.5. The fraction of sp³-hybridized carbons (Fsp3) is 0.600. The van der Waals surface area contributed by atoms with E-state index in [-0.39, 0.29) is 6.61 Å². The molecule has 1 unspecified atom stereocenters. The maximum absolute atomic E-state index is 9.84. The van der Waals surface area contributed by atoms with Crippen molar-refractivity contribution in [1.82, 2.24) is 10.2 Å². The standard InChI is InChI=1S/C15H23ClN2O2/c16-13-4-3-5-15(10-13)20-12-14(19)11-17-6-9-18-7-1-2-8-18/h3-5,10,14,17,19H,1-2,6-9,11-12H2. The molecule has 1 saturated heterocycles. The van der Waals surface area contributed by atoms with Gasteiger partial charge in [0.05, 0.1) is 0 Å². The van der Waals surface area contributed by atoms with Crippen molar-refractivity contribution in [2.45, 2.75) is 18.9 Å². The summed E-state index contributed by atoms with van der Waals surface area (Å²) in [6.07, 6.45) is 2.12. The maximum atomic E-state index is 9.84. The molecule has 0 spiro atoms. The highest BCUT2D eigenvalue weighted by Crippen LogP contribution is 2.17. The number of rotatable bonds is 8. The Labute approximate surface area is 125 Å². The molecule has 0 aliphatic carbocycles. The molecule has 4 nitrogen and oxygen atoms in total. The summed E-state index contributed by atoms with van der Waals surface area (Å²) in [7, 11) is 0. The van der Waals surface area contributed by atoms with Gasteiger partial charge in [0, 0.05) is 24.7 Å². The summed E-state index contributed by atoms with van der Waals surface area (Å²) in [6, 6.07) is 7.21. The Bertz CT molecular complexity index is 397. The lowest BCUT2D eigenvalue weighted by atomic mass is 10.3. The second-order valence-corrected chi connectivity index (χ2v) is 5.61. The Kier molecular flexibility index (Phi) is 6.60. The molecule has 1 fully saturated rings. The van der Waals surface area contributed by atoms with E-state index in [0.717, 1.165) is 13.1 Å². The first-order valence-electron chi connectivity index (χ1n) is 7.23. The smallest absolute Gasteiger partial charge is 0.120 e. The van der Waals surface area contributed by atoms with Crippen LogP contribution in [0.25, 0.3) is 0 Å². The molecule has 0 saturated carbocycles. The van der Waals surface area contributed by atoms with E-state index in [0.29, 0.717) is 17.3 Å². The molecule has 0 bridgehead atoms. The summed E-state index contributed by atoms with van der Waals surface area (Å²) < 4.78 is 5.49. The van der Waals surface area contributed by atoms with Crippen molar-refractivity contribution in [3.05, 3.63) is 29.3 Å². The van der Waals surface area contributed by atoms with E-state index < -0.39 is 6.10 Å². The van der Waals surface area contributed by atoms with Crippen molar-refractivity contribution in [1.29, 1.82) is 0 Å². The van der Waals surface area contributed by atoms with E-state index in [1.54, 1.807) is 12.1 Å². The lowest BCUT2D eigenvalue weighted by Gasteiger charge is -2.16. The van der Waals surface area contributed by atoms with Gasteiger partial charge in [0.1, 0.15) is 18.5 Å². The normalized spacial score (nSPS) is 17.3. The average molecular weight is 299 g/mol. The number of aliphatic hydroxyl groups is 1. The van der Waals surface area contributed by atoms with E-state index in [1.807, 2.05) is 12.1 Å². The Hall–Kier alpha value is -0.810. The lowest BCUT2D eigenvalue weighted by Crippen LogP contribution is -2.36. The molecule has 0 aromatic heterocycles. The van der Waals surface area contributed by atoms with Gasteiger partial charge in [-0.1, -0.05) is 17.7 Å². The van der Waals surface area contributed by atoms with Gasteiger partial charge in [0.15, 0.2) is 0 Å². The molecule has 112 valence electrons. The van der Waals surface area contributed by atoms with E-state index >= 15 is 0 Å². The molecular formula is C15H23ClN2O2. The van der Waals surface area contributed by atoms with Gasteiger partial charge in [-0.2, -0.15) is 0 Å². The highest BCUT2D eigenvalue weighted by Gasteiger charge is 2.11. The van der Waals surface area contributed by atoms with Crippen LogP contribution >= 0.6 is 11.6 Å². The first-order chi connectivity index (χ1) is 9.74. The molecule has 1 aromatic rings. The number of nitrogens with zero attached hydrogens (tertiary/aromatic N) is 1. The predicted octanol–water partition coefficient (Wildman–Crippen LogP) is 1.77. The van der Waals surface area contributed by atoms with Gasteiger partial charge in [-0.05, 0) is 44.1 Å². The van der Waals surface area contributed by atoms with Crippen LogP contribution in [0.1, 0.15) is 12.8 Å². The van der Waals surface area contributed by atoms with Gasteiger partial charge < -0.3 is 20.1 Å². The van der Waals surface area contributed by atoms with Gasteiger partial charge in [0.25, 0.3) is 0 Å². The summed E-state index contributed by atoms with van der Waals surface area (Å²) in [6.45, 7) is 5.21. The van der Waals surface area contributed by atoms with Crippen molar-refractivity contribution in [2.75, 3.05) is 39.3 Å². The predicted molar refractivity (Wildman–Crippen MR) is 81.5 cm³/mol. The third kappa shape index (κ3) is 5.67. The Balaban J connectivity index is 1.54. The third-order valence-electron chi connectivity index (χ3n) is 3.42. The number of halogens is 1. The van der Waals surface area contributed by atoms with E-state index in [9.17, 15) is 5.11 Å². The fourth-order valence-electron chi connectivity index (χ4n) is 2.32. The van der Waals surface area contributed by atoms with Gasteiger partial charge in [-0.3, -0.25) is 0 Å². The second-order valence-electron chi connectivity index (χ2n) is 5.18. The zero-order chi connectivity index (χ0) is 14.2. The van der Waals surface area contributed by atoms with Crippen molar-refractivity contribution in [3.63, 3.8) is 0 Å². The van der Waals surface area contributed by atoms with Crippen LogP contribution in [0.2, 0.25) is 5.02 Å². The topological polar surface area (TPSA) is 44.7 Å². The SMILES string of the molecule is OC(CNCCN1CCCC1)COc1cccc(Cl)c1. The van der Waals surface area contributed by atoms with Gasteiger partial charge in [-0.15, -0.1) is 0 Å². The van der Waals surface area contributed by atoms with Gasteiger partial charge >= 0.3 is 0 Å². The molecular weight excluding hydrogens is 276 g/mol. The van der Waals surface area contributed by atoms with Crippen LogP contribution in [0.5, 0.6) is 5.75 Å². The molecule has 1 aliphatic rings. The van der Waals surface area contributed by atoms with Crippen molar-refractivity contribution in [2.24, 2.45) is 0 Å². The molecule has 2 rings (SSSR count). The number of likely N-dealkylation sites (tertiary alicyclic amines) is 1. The van der Waals surface area contributed by atoms with Crippen LogP contribution < -0.4 is 10.1 Å². The number of nitrogens with one attached hydrogen (secondary N) is 1. The number of ether oxygens (including phenoxy) is 1. The molecule has 1 atom stereocenters. The fourth-order valence-corrected chi connectivity index (χ4v) is 2.50. The van der Waals surface area contributed by atoms with E-state index in [4.69, 9.17) is 16.3 Å². The minimum absolute atomic E-state index is 0.275. The monoisotopic (exact) mass is 298 g/mol. The zero-order valence-electron chi connectivity index (χ0n) is 11.7. The molecule has 0 radical (unpaired) electrons. The Morgan fingerprint density at radius 2 is 2.15 bits per heavy atom. The number of hydrogen-bond acceptors (Lipinski definition) is 4. The van der Waals surface area contributed by atoms with Crippen LogP contribution in [0.15, 0.2) is 24.3 Å². The van der Waals surface area contributed by atoms with Gasteiger partial charge in [-0.25, -0.2) is 0 Å². The van der Waals surface area contributed by atoms with Crippen LogP contribution in [0.4, 0.5) is 0 Å². The maximum Gasteiger partial charge on any atom is 0.120 e. The summed E-state index contributed by atoms with van der Waals surface area (Å²) in [5, 5.41) is 13.7. The quantitative estimate of drug-likeness (QED) is 0.718. The van der Waals surface area contributed by atoms with Crippen molar-refractivity contribution < 1.29 is 9.84 Å². The van der Waals surface area contributed by atoms with E-state index in [1.165, 1.54) is 25.9 Å². The van der Waals surface area contributed by atoms with Crippen molar-refractivity contribution in [3.8, 4) is 5.75 Å². The molecule has 1 aromatic carbocycles. The molecule has 1 heterocycles. The lowest BCUT2D eigenvalue weighted by molar-refractivity contribution is 0.106. The van der Waals surface area contributed by atoms with Crippen LogP contribution in [-0.2, 0) is 0 Å². The average Bonchev–Trinajstić information content (AvgIpc) is 2.95. The minimum atomic E-state index is -0.507. The summed E-state index contributed by atoms with van der Waals surface area (Å²) in [5.41, 5.74) is 0. The number of aliphatic hydroxyl groups excluding tert-OH is 1. The van der Waals surface area contributed by atoms with Crippen LogP contribution in [0.3, 0.4) is 0 Å². The van der Waals surface area contributed by atoms with Crippen molar-refractivity contribution >= 4 is 11.6 Å². The van der Waals surface area contributed by atoms with Crippen LogP contribution in [0, 0.1) is 0 Å². The Morgan fingerprint density at radius 1 is 1.35 bits per heavy atom. The molecule has 5 heteroatoms. The summed E-state index contributed by atoms with van der Waals surface area (Å²) >= 11 is 5.87. The zero-order valence-corrected chi connectivity index (χ0v) is 12.5. The molecule has 2 N–H and O–H groups in total. The first-order valence-corrected chi connectivity index (χ1v) is 7.61. The Morgan fingerprint density at radius 3 is 2.90 bits per heavy atom. The summed E-state index contributed by atoms with van der Waals surface area (Å²) in [5.74, 6) is 0.689. The van der Waals surface area contributed by atoms with E-state index in [2.05, 4.69) is 10.2 Å². The third-order valence-corrected chi connectivity index (χ3v) is 3.66. The summed E-state index contributed by atoms with van der Waals surface area (Å²) in [4.78, 5) is 2.45. The number of hydrogen-bond donors (Lipinski definition) is 2. The highest BCUT2D eigenvalue weighted by molar-refractivity contribution is 6.30.